The molecule has 0 aromatic heterocycles. The summed E-state index contributed by atoms with van der Waals surface area (Å²) in [6, 6.07) is 4.11. The third kappa shape index (κ3) is 3.28. The number of hydrogen-bond donors (Lipinski definition) is 1. The molecule has 1 aromatic rings. The van der Waals surface area contributed by atoms with E-state index in [1.165, 1.54) is 0 Å². The first-order valence-electron chi connectivity index (χ1n) is 6.17. The molecule has 1 aromatic carbocycles. The smallest absolute Gasteiger partial charge is 0.123 e. The van der Waals surface area contributed by atoms with E-state index < -0.39 is 0 Å². The van der Waals surface area contributed by atoms with Crippen molar-refractivity contribution in [2.75, 3.05) is 0 Å². The van der Waals surface area contributed by atoms with E-state index in [1.807, 2.05) is 0 Å². The summed E-state index contributed by atoms with van der Waals surface area (Å²) >= 11 is 2.23. The largest absolute Gasteiger partial charge is 0.507 e. The first-order chi connectivity index (χ1) is 7.94. The van der Waals surface area contributed by atoms with Crippen LogP contribution in [0.5, 0.6) is 5.75 Å². The Morgan fingerprint density at radius 3 is 1.56 bits per heavy atom. The second kappa shape index (κ2) is 4.87. The zero-order valence-corrected chi connectivity index (χ0v) is 14.3. The minimum atomic E-state index is -0.0772. The Hall–Kier alpha value is -0.510. The van der Waals surface area contributed by atoms with Gasteiger partial charge in [0.25, 0.3) is 0 Å². The number of phenolic OH excluding ortho intramolecular Hbond substituents is 1. The van der Waals surface area contributed by atoms with Gasteiger partial charge in [-0.2, -0.15) is 0 Å². The Bertz CT molecular complexity index is 438. The summed E-state index contributed by atoms with van der Waals surface area (Å²) in [6.45, 7) is 16.7. The fourth-order valence-corrected chi connectivity index (χ4v) is 2.25. The van der Waals surface area contributed by atoms with Crippen LogP contribution < -0.4 is 0 Å². The Morgan fingerprint density at radius 1 is 1.00 bits per heavy atom. The van der Waals surface area contributed by atoms with Crippen molar-refractivity contribution < 1.29 is 5.11 Å². The summed E-state index contributed by atoms with van der Waals surface area (Å²) in [5.74, 6) is 0.427. The van der Waals surface area contributed by atoms with Crippen LogP contribution in [0.4, 0.5) is 0 Å². The van der Waals surface area contributed by atoms with Gasteiger partial charge in [0.2, 0.25) is 0 Å². The lowest BCUT2D eigenvalue weighted by Crippen LogP contribution is -2.17. The zero-order valence-electron chi connectivity index (χ0n) is 12.2. The van der Waals surface area contributed by atoms with Crippen LogP contribution in [0.25, 0.3) is 3.58 Å². The summed E-state index contributed by atoms with van der Waals surface area (Å²) < 4.78 is 1.00. The van der Waals surface area contributed by atoms with Crippen LogP contribution in [-0.2, 0) is 10.8 Å². The standard InChI is InChI=1S/C16H23IO/c1-10(17)11-8-12(15(2,3)4)14(18)13(9-11)16(5,6)7/h8-9,18H,1H2,2-7H3. The van der Waals surface area contributed by atoms with Gasteiger partial charge in [0.15, 0.2) is 0 Å². The van der Waals surface area contributed by atoms with Gasteiger partial charge >= 0.3 is 0 Å². The van der Waals surface area contributed by atoms with Gasteiger partial charge in [0.1, 0.15) is 5.75 Å². The van der Waals surface area contributed by atoms with Gasteiger partial charge in [-0.15, -0.1) is 0 Å². The van der Waals surface area contributed by atoms with Crippen LogP contribution in [-0.4, -0.2) is 5.11 Å². The highest BCUT2D eigenvalue weighted by atomic mass is 127. The number of benzene rings is 1. The van der Waals surface area contributed by atoms with E-state index >= 15 is 0 Å². The lowest BCUT2D eigenvalue weighted by Gasteiger charge is -2.28. The highest BCUT2D eigenvalue weighted by Gasteiger charge is 2.26. The highest BCUT2D eigenvalue weighted by Crippen LogP contribution is 2.41. The molecule has 0 saturated heterocycles. The molecule has 0 atom stereocenters. The van der Waals surface area contributed by atoms with Crippen molar-refractivity contribution in [3.8, 4) is 5.75 Å². The van der Waals surface area contributed by atoms with Crippen molar-refractivity contribution in [2.45, 2.75) is 52.4 Å². The lowest BCUT2D eigenvalue weighted by molar-refractivity contribution is 0.423. The third-order valence-electron chi connectivity index (χ3n) is 3.04. The minimum Gasteiger partial charge on any atom is -0.507 e. The Morgan fingerprint density at radius 2 is 1.33 bits per heavy atom. The molecular weight excluding hydrogens is 335 g/mol. The molecule has 0 radical (unpaired) electrons. The molecule has 0 fully saturated rings. The summed E-state index contributed by atoms with van der Waals surface area (Å²) in [7, 11) is 0. The molecular formula is C16H23IO. The van der Waals surface area contributed by atoms with Gasteiger partial charge in [-0.05, 0) is 51.1 Å². The van der Waals surface area contributed by atoms with Crippen molar-refractivity contribution in [3.05, 3.63) is 35.4 Å². The number of hydrogen-bond acceptors (Lipinski definition) is 1. The van der Waals surface area contributed by atoms with Gasteiger partial charge < -0.3 is 5.11 Å². The van der Waals surface area contributed by atoms with Crippen LogP contribution in [0.3, 0.4) is 0 Å². The Balaban J connectivity index is 3.64. The number of phenols is 1. The third-order valence-corrected chi connectivity index (χ3v) is 3.66. The van der Waals surface area contributed by atoms with Crippen molar-refractivity contribution in [2.24, 2.45) is 0 Å². The van der Waals surface area contributed by atoms with E-state index in [-0.39, 0.29) is 10.8 Å². The fourth-order valence-electron chi connectivity index (χ4n) is 1.93. The normalized spacial score (nSPS) is 12.6. The molecule has 0 saturated carbocycles. The maximum absolute atomic E-state index is 10.5. The van der Waals surface area contributed by atoms with E-state index in [1.54, 1.807) is 0 Å². The van der Waals surface area contributed by atoms with Gasteiger partial charge in [-0.25, -0.2) is 0 Å². The molecule has 0 heterocycles. The highest BCUT2D eigenvalue weighted by molar-refractivity contribution is 14.1. The molecule has 100 valence electrons. The van der Waals surface area contributed by atoms with Crippen molar-refractivity contribution in [1.29, 1.82) is 0 Å². The first kappa shape index (κ1) is 15.5. The molecule has 0 spiro atoms. The molecule has 0 aliphatic carbocycles. The van der Waals surface area contributed by atoms with Crippen molar-refractivity contribution in [1.82, 2.24) is 0 Å². The topological polar surface area (TPSA) is 20.2 Å². The Kier molecular flexibility index (Phi) is 4.21. The summed E-state index contributed by atoms with van der Waals surface area (Å²) in [5, 5.41) is 10.5. The van der Waals surface area contributed by atoms with E-state index in [0.717, 1.165) is 20.3 Å². The van der Waals surface area contributed by atoms with E-state index in [2.05, 4.69) is 82.8 Å². The summed E-state index contributed by atoms with van der Waals surface area (Å²) in [4.78, 5) is 0. The van der Waals surface area contributed by atoms with Crippen molar-refractivity contribution in [3.63, 3.8) is 0 Å². The van der Waals surface area contributed by atoms with E-state index in [0.29, 0.717) is 5.75 Å². The average molecular weight is 358 g/mol. The second-order valence-corrected chi connectivity index (χ2v) is 8.13. The van der Waals surface area contributed by atoms with Gasteiger partial charge in [0, 0.05) is 14.7 Å². The van der Waals surface area contributed by atoms with Crippen LogP contribution in [0.1, 0.15) is 58.2 Å². The SMILES string of the molecule is C=C(I)c1cc(C(C)(C)C)c(O)c(C(C)(C)C)c1. The molecule has 1 nitrogen and oxygen atoms in total. The van der Waals surface area contributed by atoms with E-state index in [9.17, 15) is 5.11 Å². The molecule has 1 rings (SSSR count). The minimum absolute atomic E-state index is 0.0772. The maximum Gasteiger partial charge on any atom is 0.123 e. The predicted octanol–water partition coefficient (Wildman–Crippen LogP) is 5.39. The molecule has 0 bridgehead atoms. The fraction of sp³-hybridized carbons (Fsp3) is 0.500. The first-order valence-corrected chi connectivity index (χ1v) is 7.25. The molecule has 2 heteroatoms. The zero-order chi connectivity index (χ0) is 14.3. The van der Waals surface area contributed by atoms with Crippen LogP contribution in [0, 0.1) is 0 Å². The van der Waals surface area contributed by atoms with Crippen LogP contribution in [0.15, 0.2) is 18.7 Å². The van der Waals surface area contributed by atoms with Gasteiger partial charge in [-0.3, -0.25) is 0 Å². The molecule has 1 N–H and O–H groups in total. The molecule has 0 aliphatic rings. The number of halogens is 1. The lowest BCUT2D eigenvalue weighted by atomic mass is 9.78. The van der Waals surface area contributed by atoms with Gasteiger partial charge in [-0.1, -0.05) is 48.1 Å². The monoisotopic (exact) mass is 358 g/mol. The molecule has 0 aliphatic heterocycles. The van der Waals surface area contributed by atoms with E-state index in [4.69, 9.17) is 0 Å². The predicted molar refractivity (Wildman–Crippen MR) is 88.6 cm³/mol. The second-order valence-electron chi connectivity index (χ2n) is 6.82. The molecule has 0 amide bonds. The van der Waals surface area contributed by atoms with Crippen LogP contribution >= 0.6 is 22.6 Å². The van der Waals surface area contributed by atoms with Crippen molar-refractivity contribution >= 4 is 26.2 Å². The summed E-state index contributed by atoms with van der Waals surface area (Å²) in [5.41, 5.74) is 2.92. The Labute approximate surface area is 124 Å². The number of aromatic hydroxyl groups is 1. The average Bonchev–Trinajstić information content (AvgIpc) is 2.13. The number of rotatable bonds is 1. The molecule has 18 heavy (non-hydrogen) atoms. The maximum atomic E-state index is 10.5. The summed E-state index contributed by atoms with van der Waals surface area (Å²) in [6.07, 6.45) is 0. The molecule has 0 unspecified atom stereocenters. The van der Waals surface area contributed by atoms with Crippen LogP contribution in [0.2, 0.25) is 0 Å². The van der Waals surface area contributed by atoms with Gasteiger partial charge in [0.05, 0.1) is 0 Å². The quantitative estimate of drug-likeness (QED) is 0.667.